The van der Waals surface area contributed by atoms with Gasteiger partial charge in [0.2, 0.25) is 0 Å². The first-order valence-corrected chi connectivity index (χ1v) is 5.84. The van der Waals surface area contributed by atoms with E-state index in [1.54, 1.807) is 7.11 Å². The van der Waals surface area contributed by atoms with E-state index in [4.69, 9.17) is 4.74 Å². The van der Waals surface area contributed by atoms with Crippen molar-refractivity contribution in [2.75, 3.05) is 7.11 Å². The maximum absolute atomic E-state index is 5.42. The minimum absolute atomic E-state index is 0.516. The van der Waals surface area contributed by atoms with Crippen molar-refractivity contribution in [1.29, 1.82) is 0 Å². The number of nitrogens with one attached hydrogen (secondary N) is 1. The van der Waals surface area contributed by atoms with E-state index in [1.165, 1.54) is 22.3 Å². The number of rotatable bonds is 4. The molecule has 0 aliphatic carbocycles. The Morgan fingerprint density at radius 1 is 1.19 bits per heavy atom. The average molecular weight is 221 g/mol. The third-order valence-corrected chi connectivity index (χ3v) is 3.04. The summed E-state index contributed by atoms with van der Waals surface area (Å²) in [6.07, 6.45) is 0. The highest BCUT2D eigenvalue weighted by atomic mass is 16.5. The molecule has 0 spiro atoms. The van der Waals surface area contributed by atoms with Gasteiger partial charge in [-0.25, -0.2) is 0 Å². The van der Waals surface area contributed by atoms with Crippen LogP contribution < -0.4 is 10.1 Å². The summed E-state index contributed by atoms with van der Waals surface area (Å²) in [7, 11) is 1.74. The second-order valence-electron chi connectivity index (χ2n) is 4.67. The molecule has 0 heterocycles. The monoisotopic (exact) mass is 221 g/mol. The Morgan fingerprint density at radius 3 is 2.31 bits per heavy atom. The number of methoxy groups -OCH3 is 1. The van der Waals surface area contributed by atoms with Crippen LogP contribution in [-0.2, 0) is 6.54 Å². The van der Waals surface area contributed by atoms with E-state index in [1.807, 2.05) is 0 Å². The van der Waals surface area contributed by atoms with Gasteiger partial charge in [-0.15, -0.1) is 0 Å². The van der Waals surface area contributed by atoms with Crippen LogP contribution in [0, 0.1) is 20.8 Å². The highest BCUT2D eigenvalue weighted by Gasteiger charge is 2.10. The standard InChI is InChI=1S/C14H23NO/c1-9(2)15-8-13-7-10(3)14(16-6)12(5)11(13)4/h7,9,15H,8H2,1-6H3. The first-order valence-electron chi connectivity index (χ1n) is 5.84. The molecule has 90 valence electrons. The third kappa shape index (κ3) is 2.76. The predicted molar refractivity (Wildman–Crippen MR) is 69.2 cm³/mol. The molecule has 0 amide bonds. The average Bonchev–Trinajstić information content (AvgIpc) is 2.22. The summed E-state index contributed by atoms with van der Waals surface area (Å²) in [5.41, 5.74) is 5.16. The van der Waals surface area contributed by atoms with Crippen molar-refractivity contribution in [1.82, 2.24) is 5.32 Å². The Labute approximate surface area is 99.0 Å². The lowest BCUT2D eigenvalue weighted by Crippen LogP contribution is -2.22. The molecule has 0 unspecified atom stereocenters. The summed E-state index contributed by atoms with van der Waals surface area (Å²) in [5, 5.41) is 3.45. The van der Waals surface area contributed by atoms with Gasteiger partial charge in [-0.2, -0.15) is 0 Å². The summed E-state index contributed by atoms with van der Waals surface area (Å²) in [4.78, 5) is 0. The topological polar surface area (TPSA) is 21.3 Å². The second-order valence-corrected chi connectivity index (χ2v) is 4.67. The molecule has 1 N–H and O–H groups in total. The van der Waals surface area contributed by atoms with Gasteiger partial charge in [0, 0.05) is 12.6 Å². The largest absolute Gasteiger partial charge is 0.496 e. The molecule has 1 rings (SSSR count). The van der Waals surface area contributed by atoms with Crippen LogP contribution in [0.3, 0.4) is 0 Å². The van der Waals surface area contributed by atoms with E-state index in [0.29, 0.717) is 6.04 Å². The summed E-state index contributed by atoms with van der Waals surface area (Å²) >= 11 is 0. The van der Waals surface area contributed by atoms with Crippen LogP contribution >= 0.6 is 0 Å². The zero-order chi connectivity index (χ0) is 12.3. The van der Waals surface area contributed by atoms with E-state index in [2.05, 4.69) is 46.0 Å². The van der Waals surface area contributed by atoms with Gasteiger partial charge in [-0.1, -0.05) is 19.9 Å². The van der Waals surface area contributed by atoms with E-state index >= 15 is 0 Å². The molecule has 16 heavy (non-hydrogen) atoms. The van der Waals surface area contributed by atoms with Crippen molar-refractivity contribution in [2.45, 2.75) is 47.2 Å². The van der Waals surface area contributed by atoms with Crippen molar-refractivity contribution < 1.29 is 4.74 Å². The highest BCUT2D eigenvalue weighted by molar-refractivity contribution is 5.48. The Bertz CT molecular complexity index is 369. The van der Waals surface area contributed by atoms with Crippen LogP contribution in [0.2, 0.25) is 0 Å². The number of hydrogen-bond acceptors (Lipinski definition) is 2. The summed E-state index contributed by atoms with van der Waals surface area (Å²) < 4.78 is 5.42. The van der Waals surface area contributed by atoms with Gasteiger partial charge < -0.3 is 10.1 Å². The molecule has 0 radical (unpaired) electrons. The zero-order valence-electron chi connectivity index (χ0n) is 11.3. The number of benzene rings is 1. The maximum Gasteiger partial charge on any atom is 0.124 e. The number of hydrogen-bond donors (Lipinski definition) is 1. The van der Waals surface area contributed by atoms with Crippen molar-refractivity contribution >= 4 is 0 Å². The lowest BCUT2D eigenvalue weighted by atomic mass is 9.98. The maximum atomic E-state index is 5.42. The lowest BCUT2D eigenvalue weighted by molar-refractivity contribution is 0.407. The highest BCUT2D eigenvalue weighted by Crippen LogP contribution is 2.28. The van der Waals surface area contributed by atoms with Gasteiger partial charge in [0.25, 0.3) is 0 Å². The molecule has 0 saturated heterocycles. The van der Waals surface area contributed by atoms with Gasteiger partial charge in [-0.3, -0.25) is 0 Å². The molecule has 0 fully saturated rings. The Morgan fingerprint density at radius 2 is 1.81 bits per heavy atom. The summed E-state index contributed by atoms with van der Waals surface area (Å²) in [6, 6.07) is 2.73. The minimum Gasteiger partial charge on any atom is -0.496 e. The molecule has 2 heteroatoms. The molecular formula is C14H23NO. The molecule has 0 bridgehead atoms. The van der Waals surface area contributed by atoms with E-state index in [-0.39, 0.29) is 0 Å². The molecule has 0 aliphatic rings. The van der Waals surface area contributed by atoms with Crippen LogP contribution in [0.4, 0.5) is 0 Å². The quantitative estimate of drug-likeness (QED) is 0.843. The Hall–Kier alpha value is -1.02. The first-order chi connectivity index (χ1) is 7.47. The predicted octanol–water partition coefficient (Wildman–Crippen LogP) is 3.12. The molecule has 0 aromatic heterocycles. The summed E-state index contributed by atoms with van der Waals surface area (Å²) in [6.45, 7) is 11.6. The molecule has 0 atom stereocenters. The molecule has 2 nitrogen and oxygen atoms in total. The van der Waals surface area contributed by atoms with Crippen LogP contribution in [0.15, 0.2) is 6.07 Å². The molecule has 1 aromatic carbocycles. The van der Waals surface area contributed by atoms with Gasteiger partial charge in [0.05, 0.1) is 7.11 Å². The van der Waals surface area contributed by atoms with Gasteiger partial charge >= 0.3 is 0 Å². The second kappa shape index (κ2) is 5.35. The van der Waals surface area contributed by atoms with E-state index < -0.39 is 0 Å². The Kier molecular flexibility index (Phi) is 4.36. The van der Waals surface area contributed by atoms with Crippen molar-refractivity contribution in [3.05, 3.63) is 28.3 Å². The van der Waals surface area contributed by atoms with Crippen molar-refractivity contribution in [2.24, 2.45) is 0 Å². The lowest BCUT2D eigenvalue weighted by Gasteiger charge is -2.17. The number of ether oxygens (including phenoxy) is 1. The molecule has 0 aliphatic heterocycles. The fourth-order valence-corrected chi connectivity index (χ4v) is 1.95. The summed E-state index contributed by atoms with van der Waals surface area (Å²) in [5.74, 6) is 1.02. The van der Waals surface area contributed by atoms with Gasteiger partial charge in [0.1, 0.15) is 5.75 Å². The molecule has 1 aromatic rings. The van der Waals surface area contributed by atoms with E-state index in [0.717, 1.165) is 12.3 Å². The van der Waals surface area contributed by atoms with Crippen LogP contribution in [0.1, 0.15) is 36.1 Å². The molecule has 0 saturated carbocycles. The van der Waals surface area contributed by atoms with Crippen LogP contribution in [0.25, 0.3) is 0 Å². The van der Waals surface area contributed by atoms with Crippen molar-refractivity contribution in [3.8, 4) is 5.75 Å². The normalized spacial score (nSPS) is 10.9. The van der Waals surface area contributed by atoms with E-state index in [9.17, 15) is 0 Å². The van der Waals surface area contributed by atoms with Crippen LogP contribution in [0.5, 0.6) is 5.75 Å². The zero-order valence-corrected chi connectivity index (χ0v) is 11.3. The minimum atomic E-state index is 0.516. The van der Waals surface area contributed by atoms with Gasteiger partial charge in [-0.05, 0) is 43.0 Å². The van der Waals surface area contributed by atoms with Crippen molar-refractivity contribution in [3.63, 3.8) is 0 Å². The fraction of sp³-hybridized carbons (Fsp3) is 0.571. The number of aryl methyl sites for hydroxylation is 1. The Balaban J connectivity index is 3.03. The fourth-order valence-electron chi connectivity index (χ4n) is 1.95. The SMILES string of the molecule is COc1c(C)cc(CNC(C)C)c(C)c1C. The molecular weight excluding hydrogens is 198 g/mol. The smallest absolute Gasteiger partial charge is 0.124 e. The third-order valence-electron chi connectivity index (χ3n) is 3.04. The van der Waals surface area contributed by atoms with Crippen LogP contribution in [-0.4, -0.2) is 13.2 Å². The first kappa shape index (κ1) is 13.0. The van der Waals surface area contributed by atoms with Gasteiger partial charge in [0.15, 0.2) is 0 Å².